The van der Waals surface area contributed by atoms with Crippen LogP contribution in [0.25, 0.3) is 22.7 Å². The highest BCUT2D eigenvalue weighted by Gasteiger charge is 2.52. The average Bonchev–Trinajstić information content (AvgIpc) is 3.44. The fraction of sp³-hybridized carbons (Fsp3) is 0.172. The van der Waals surface area contributed by atoms with Crippen LogP contribution in [0.2, 0.25) is 0 Å². The van der Waals surface area contributed by atoms with Gasteiger partial charge in [-0.3, -0.25) is 20.2 Å². The minimum Gasteiger partial charge on any atom is -0.467 e. The van der Waals surface area contributed by atoms with E-state index in [-0.39, 0.29) is 18.8 Å². The molecular formula is C29H25N3O7. The molecule has 198 valence electrons. The van der Waals surface area contributed by atoms with Gasteiger partial charge >= 0.3 is 6.03 Å². The molecule has 4 amide bonds. The highest BCUT2D eigenvalue weighted by atomic mass is 16.5. The molecule has 0 bridgehead atoms. The van der Waals surface area contributed by atoms with Gasteiger partial charge in [0.25, 0.3) is 17.4 Å². The third-order valence-corrected chi connectivity index (χ3v) is 6.02. The van der Waals surface area contributed by atoms with E-state index in [1.807, 2.05) is 42.5 Å². The van der Waals surface area contributed by atoms with Crippen molar-refractivity contribution in [1.82, 2.24) is 15.6 Å². The Morgan fingerprint density at radius 1 is 0.795 bits per heavy atom. The highest BCUT2D eigenvalue weighted by Crippen LogP contribution is 2.30. The van der Waals surface area contributed by atoms with Crippen LogP contribution in [0, 0.1) is 0 Å². The molecule has 0 spiro atoms. The van der Waals surface area contributed by atoms with Gasteiger partial charge in [0.15, 0.2) is 0 Å². The number of benzene rings is 3. The molecule has 1 aliphatic rings. The van der Waals surface area contributed by atoms with E-state index in [9.17, 15) is 14.4 Å². The normalized spacial score (nSPS) is 14.4. The van der Waals surface area contributed by atoms with E-state index < -0.39 is 23.4 Å². The lowest BCUT2D eigenvalue weighted by Gasteiger charge is -2.34. The molecule has 1 aliphatic heterocycles. The monoisotopic (exact) mass is 527 g/mol. The molecule has 0 saturated carbocycles. The number of carbonyl (C=O) groups is 3. The van der Waals surface area contributed by atoms with Gasteiger partial charge in [0.05, 0.1) is 6.61 Å². The standard InChI is InChI=1S/C29H25N3O7/c1-2-36-17-16-29(26(33)31-28(35)32-27(29)34)39-23-14-12-22(13-15-23)38-21-10-8-20(9-11-21)25-30-24(18-37-25)19-6-4-3-5-7-19/h3-15,18H,2,16-17H2,1H3,(H2,31,32,33,34,35). The van der Waals surface area contributed by atoms with Gasteiger partial charge < -0.3 is 18.6 Å². The van der Waals surface area contributed by atoms with Crippen LogP contribution >= 0.6 is 0 Å². The molecule has 4 aromatic rings. The van der Waals surface area contributed by atoms with Gasteiger partial charge in [-0.2, -0.15) is 0 Å². The van der Waals surface area contributed by atoms with Crippen molar-refractivity contribution in [2.45, 2.75) is 18.9 Å². The van der Waals surface area contributed by atoms with Crippen LogP contribution in [0.3, 0.4) is 0 Å². The number of barbiturate groups is 1. The first-order valence-electron chi connectivity index (χ1n) is 12.3. The predicted octanol–water partition coefficient (Wildman–Crippen LogP) is 4.71. The van der Waals surface area contributed by atoms with E-state index in [1.54, 1.807) is 49.6 Å². The third kappa shape index (κ3) is 5.65. The second-order valence-electron chi connectivity index (χ2n) is 8.62. The number of nitrogens with zero attached hydrogens (tertiary/aromatic N) is 1. The van der Waals surface area contributed by atoms with Gasteiger partial charge in [-0.25, -0.2) is 9.78 Å². The zero-order valence-corrected chi connectivity index (χ0v) is 21.0. The Morgan fingerprint density at radius 2 is 1.41 bits per heavy atom. The van der Waals surface area contributed by atoms with Crippen LogP contribution in [0.5, 0.6) is 17.2 Å². The molecule has 2 N–H and O–H groups in total. The molecule has 0 atom stereocenters. The average molecular weight is 528 g/mol. The number of ether oxygens (including phenoxy) is 3. The van der Waals surface area contributed by atoms with Gasteiger partial charge in [-0.1, -0.05) is 30.3 Å². The highest BCUT2D eigenvalue weighted by molar-refractivity contribution is 6.21. The van der Waals surface area contributed by atoms with Crippen molar-refractivity contribution >= 4 is 17.8 Å². The van der Waals surface area contributed by atoms with Crippen molar-refractivity contribution in [2.75, 3.05) is 13.2 Å². The molecule has 10 nitrogen and oxygen atoms in total. The maximum absolute atomic E-state index is 12.6. The number of amides is 4. The van der Waals surface area contributed by atoms with E-state index in [0.717, 1.165) is 16.8 Å². The SMILES string of the molecule is CCOCCC1(Oc2ccc(Oc3ccc(-c4nc(-c5ccccc5)co4)cc3)cc2)C(=O)NC(=O)NC1=O. The minimum atomic E-state index is -1.94. The lowest BCUT2D eigenvalue weighted by Crippen LogP contribution is -2.69. The van der Waals surface area contributed by atoms with Crippen molar-refractivity contribution in [1.29, 1.82) is 0 Å². The van der Waals surface area contributed by atoms with E-state index in [0.29, 0.717) is 24.0 Å². The van der Waals surface area contributed by atoms with E-state index in [4.69, 9.17) is 18.6 Å². The first-order chi connectivity index (χ1) is 19.0. The second kappa shape index (κ2) is 11.2. The van der Waals surface area contributed by atoms with Crippen LogP contribution in [-0.2, 0) is 14.3 Å². The summed E-state index contributed by atoms with van der Waals surface area (Å²) in [5.74, 6) is 0.134. The van der Waals surface area contributed by atoms with Gasteiger partial charge in [-0.15, -0.1) is 0 Å². The molecule has 0 radical (unpaired) electrons. The van der Waals surface area contributed by atoms with Gasteiger partial charge in [0, 0.05) is 24.2 Å². The molecule has 5 rings (SSSR count). The van der Waals surface area contributed by atoms with Crippen LogP contribution < -0.4 is 20.1 Å². The Morgan fingerprint density at radius 3 is 2.05 bits per heavy atom. The minimum absolute atomic E-state index is 0.0756. The lowest BCUT2D eigenvalue weighted by atomic mass is 9.95. The number of oxazole rings is 1. The number of urea groups is 1. The van der Waals surface area contributed by atoms with Crippen LogP contribution in [0.4, 0.5) is 4.79 Å². The first-order valence-corrected chi connectivity index (χ1v) is 12.3. The summed E-state index contributed by atoms with van der Waals surface area (Å²) in [5, 5.41) is 4.18. The number of aromatic nitrogens is 1. The summed E-state index contributed by atoms with van der Waals surface area (Å²) in [6.07, 6.45) is 1.55. The molecule has 2 heterocycles. The van der Waals surface area contributed by atoms with Crippen molar-refractivity contribution in [3.63, 3.8) is 0 Å². The summed E-state index contributed by atoms with van der Waals surface area (Å²) < 4.78 is 22.7. The fourth-order valence-corrected chi connectivity index (χ4v) is 4.00. The predicted molar refractivity (Wildman–Crippen MR) is 140 cm³/mol. The Hall–Kier alpha value is -4.96. The molecule has 3 aromatic carbocycles. The molecule has 10 heteroatoms. The summed E-state index contributed by atoms with van der Waals surface area (Å²) in [4.78, 5) is 41.4. The molecule has 0 aliphatic carbocycles. The maximum Gasteiger partial charge on any atom is 0.328 e. The topological polar surface area (TPSA) is 129 Å². The summed E-state index contributed by atoms with van der Waals surface area (Å²) in [6.45, 7) is 2.28. The third-order valence-electron chi connectivity index (χ3n) is 6.02. The van der Waals surface area contributed by atoms with E-state index in [2.05, 4.69) is 15.6 Å². The van der Waals surface area contributed by atoms with Crippen molar-refractivity contribution in [3.05, 3.63) is 85.1 Å². The maximum atomic E-state index is 12.6. The van der Waals surface area contributed by atoms with Crippen molar-refractivity contribution in [2.24, 2.45) is 0 Å². The Balaban J connectivity index is 1.25. The molecule has 39 heavy (non-hydrogen) atoms. The Labute approximate surface area is 223 Å². The van der Waals surface area contributed by atoms with Crippen molar-refractivity contribution < 1.29 is 33.0 Å². The van der Waals surface area contributed by atoms with Gasteiger partial charge in [0.1, 0.15) is 29.2 Å². The number of hydrogen-bond acceptors (Lipinski definition) is 8. The van der Waals surface area contributed by atoms with Gasteiger partial charge in [-0.05, 0) is 55.5 Å². The summed E-state index contributed by atoms with van der Waals surface area (Å²) in [5.41, 5.74) is 0.579. The number of nitrogens with one attached hydrogen (secondary N) is 2. The first kappa shape index (κ1) is 25.7. The van der Waals surface area contributed by atoms with E-state index >= 15 is 0 Å². The number of hydrogen-bond donors (Lipinski definition) is 2. The fourth-order valence-electron chi connectivity index (χ4n) is 4.00. The quantitative estimate of drug-likeness (QED) is 0.224. The number of rotatable bonds is 10. The number of carbonyl (C=O) groups excluding carboxylic acids is 3. The molecule has 1 saturated heterocycles. The molecule has 1 aromatic heterocycles. The molecular weight excluding hydrogens is 502 g/mol. The van der Waals surface area contributed by atoms with E-state index in [1.165, 1.54) is 0 Å². The number of imide groups is 2. The summed E-state index contributed by atoms with van der Waals surface area (Å²) in [7, 11) is 0. The molecule has 1 fully saturated rings. The van der Waals surface area contributed by atoms with Crippen molar-refractivity contribution in [3.8, 4) is 40.0 Å². The lowest BCUT2D eigenvalue weighted by molar-refractivity contribution is -0.153. The second-order valence-corrected chi connectivity index (χ2v) is 8.62. The van der Waals surface area contributed by atoms with Crippen LogP contribution in [0.1, 0.15) is 13.3 Å². The van der Waals surface area contributed by atoms with Crippen LogP contribution in [-0.4, -0.2) is 41.6 Å². The zero-order valence-electron chi connectivity index (χ0n) is 21.0. The molecule has 0 unspecified atom stereocenters. The van der Waals surface area contributed by atoms with Crippen LogP contribution in [0.15, 0.2) is 89.5 Å². The zero-order chi connectivity index (χ0) is 27.2. The van der Waals surface area contributed by atoms with Gasteiger partial charge in [0.2, 0.25) is 5.89 Å². The Kier molecular flexibility index (Phi) is 7.37. The summed E-state index contributed by atoms with van der Waals surface area (Å²) >= 11 is 0. The largest absolute Gasteiger partial charge is 0.467 e. The summed E-state index contributed by atoms with van der Waals surface area (Å²) in [6, 6.07) is 22.6. The Bertz CT molecular complexity index is 1450. The smallest absolute Gasteiger partial charge is 0.328 e.